The van der Waals surface area contributed by atoms with E-state index in [-0.39, 0.29) is 12.0 Å². The van der Waals surface area contributed by atoms with Crippen molar-refractivity contribution >= 4 is 11.9 Å². The van der Waals surface area contributed by atoms with Gasteiger partial charge in [0.25, 0.3) is 0 Å². The van der Waals surface area contributed by atoms with Crippen LogP contribution in [-0.4, -0.2) is 6.21 Å². The first kappa shape index (κ1) is 13.8. The SMILES string of the molecule is Fc1cc(F)c(F)c(NN=CC2CCCCC2)c1F. The second kappa shape index (κ2) is 6.04. The van der Waals surface area contributed by atoms with Gasteiger partial charge in [0.15, 0.2) is 23.3 Å². The van der Waals surface area contributed by atoms with Crippen LogP contribution in [0.2, 0.25) is 0 Å². The van der Waals surface area contributed by atoms with Gasteiger partial charge in [-0.1, -0.05) is 19.3 Å². The summed E-state index contributed by atoms with van der Waals surface area (Å²) < 4.78 is 52.4. The molecule has 0 atom stereocenters. The molecule has 1 aromatic rings. The molecule has 1 N–H and O–H groups in total. The molecule has 2 nitrogen and oxygen atoms in total. The van der Waals surface area contributed by atoms with Crippen molar-refractivity contribution in [3.63, 3.8) is 0 Å². The first-order chi connectivity index (χ1) is 9.09. The third kappa shape index (κ3) is 3.24. The number of hydrogen-bond donors (Lipinski definition) is 1. The Morgan fingerprint density at radius 2 is 1.58 bits per heavy atom. The molecule has 0 amide bonds. The van der Waals surface area contributed by atoms with Crippen LogP contribution in [0.5, 0.6) is 0 Å². The number of benzene rings is 1. The first-order valence-electron chi connectivity index (χ1n) is 6.21. The van der Waals surface area contributed by atoms with E-state index in [0.29, 0.717) is 0 Å². The minimum absolute atomic E-state index is 0.167. The predicted octanol–water partition coefficient (Wildman–Crippen LogP) is 4.22. The van der Waals surface area contributed by atoms with Gasteiger partial charge in [0.2, 0.25) is 0 Å². The lowest BCUT2D eigenvalue weighted by Gasteiger charge is -2.16. The molecule has 0 radical (unpaired) electrons. The quantitative estimate of drug-likeness (QED) is 0.379. The van der Waals surface area contributed by atoms with Crippen LogP contribution in [0.15, 0.2) is 11.2 Å². The van der Waals surface area contributed by atoms with Gasteiger partial charge in [-0.25, -0.2) is 17.6 Å². The fourth-order valence-electron chi connectivity index (χ4n) is 2.16. The Labute approximate surface area is 108 Å². The van der Waals surface area contributed by atoms with Gasteiger partial charge in [-0.3, -0.25) is 5.43 Å². The van der Waals surface area contributed by atoms with Crippen LogP contribution < -0.4 is 5.43 Å². The summed E-state index contributed by atoms with van der Waals surface area (Å²) in [7, 11) is 0. The van der Waals surface area contributed by atoms with Crippen molar-refractivity contribution in [3.05, 3.63) is 29.3 Å². The molecular formula is C13H14F4N2. The average Bonchev–Trinajstić information content (AvgIpc) is 2.42. The van der Waals surface area contributed by atoms with Gasteiger partial charge in [0.05, 0.1) is 0 Å². The number of nitrogens with zero attached hydrogens (tertiary/aromatic N) is 1. The van der Waals surface area contributed by atoms with Crippen LogP contribution in [-0.2, 0) is 0 Å². The maximum atomic E-state index is 13.3. The second-order valence-electron chi connectivity index (χ2n) is 4.63. The van der Waals surface area contributed by atoms with Crippen LogP contribution in [0.4, 0.5) is 23.2 Å². The normalized spacial score (nSPS) is 17.1. The molecule has 0 aromatic heterocycles. The molecule has 19 heavy (non-hydrogen) atoms. The van der Waals surface area contributed by atoms with Crippen molar-refractivity contribution in [2.24, 2.45) is 11.0 Å². The van der Waals surface area contributed by atoms with E-state index in [0.717, 1.165) is 25.7 Å². The highest BCUT2D eigenvalue weighted by Crippen LogP contribution is 2.25. The molecule has 0 unspecified atom stereocenters. The number of anilines is 1. The lowest BCUT2D eigenvalue weighted by molar-refractivity contribution is 0.444. The summed E-state index contributed by atoms with van der Waals surface area (Å²) in [6.07, 6.45) is 6.83. The predicted molar refractivity (Wildman–Crippen MR) is 65.0 cm³/mol. The van der Waals surface area contributed by atoms with Crippen molar-refractivity contribution in [2.45, 2.75) is 32.1 Å². The number of hydrogen-bond acceptors (Lipinski definition) is 2. The molecular weight excluding hydrogens is 260 g/mol. The van der Waals surface area contributed by atoms with E-state index in [1.54, 1.807) is 6.21 Å². The minimum atomic E-state index is -1.47. The number of nitrogens with one attached hydrogen (secondary N) is 1. The highest BCUT2D eigenvalue weighted by Gasteiger charge is 2.18. The molecule has 1 saturated carbocycles. The van der Waals surface area contributed by atoms with Gasteiger partial charge in [0, 0.05) is 12.3 Å². The first-order valence-corrected chi connectivity index (χ1v) is 6.21. The largest absolute Gasteiger partial charge is 0.273 e. The fraction of sp³-hybridized carbons (Fsp3) is 0.462. The zero-order valence-corrected chi connectivity index (χ0v) is 10.2. The van der Waals surface area contributed by atoms with Gasteiger partial charge < -0.3 is 0 Å². The van der Waals surface area contributed by atoms with Crippen molar-refractivity contribution in [2.75, 3.05) is 5.43 Å². The number of rotatable bonds is 3. The van der Waals surface area contributed by atoms with Crippen molar-refractivity contribution in [1.29, 1.82) is 0 Å². The van der Waals surface area contributed by atoms with Gasteiger partial charge in [-0.15, -0.1) is 0 Å². The second-order valence-corrected chi connectivity index (χ2v) is 4.63. The van der Waals surface area contributed by atoms with E-state index in [1.165, 1.54) is 6.42 Å². The zero-order chi connectivity index (χ0) is 13.8. The molecule has 104 valence electrons. The molecule has 0 saturated heterocycles. The molecule has 1 fully saturated rings. The van der Waals surface area contributed by atoms with Gasteiger partial charge in [-0.2, -0.15) is 5.10 Å². The summed E-state index contributed by atoms with van der Waals surface area (Å²) in [4.78, 5) is 0. The monoisotopic (exact) mass is 274 g/mol. The number of hydrazone groups is 1. The topological polar surface area (TPSA) is 24.4 Å². The van der Waals surface area contributed by atoms with Crippen LogP contribution in [0.3, 0.4) is 0 Å². The van der Waals surface area contributed by atoms with E-state index >= 15 is 0 Å². The summed E-state index contributed by atoms with van der Waals surface area (Å²) in [5.74, 6) is -5.60. The Balaban J connectivity index is 2.08. The van der Waals surface area contributed by atoms with Crippen LogP contribution >= 0.6 is 0 Å². The maximum absolute atomic E-state index is 13.3. The Morgan fingerprint density at radius 1 is 1.00 bits per heavy atom. The lowest BCUT2D eigenvalue weighted by atomic mass is 9.90. The highest BCUT2D eigenvalue weighted by molar-refractivity contribution is 5.62. The molecule has 0 bridgehead atoms. The summed E-state index contributed by atoms with van der Waals surface area (Å²) >= 11 is 0. The van der Waals surface area contributed by atoms with Crippen LogP contribution in [0.25, 0.3) is 0 Å². The van der Waals surface area contributed by atoms with E-state index in [9.17, 15) is 17.6 Å². The molecule has 0 heterocycles. The molecule has 0 spiro atoms. The Morgan fingerprint density at radius 3 is 2.16 bits per heavy atom. The molecule has 0 aliphatic heterocycles. The van der Waals surface area contributed by atoms with E-state index in [2.05, 4.69) is 5.10 Å². The van der Waals surface area contributed by atoms with Gasteiger partial charge >= 0.3 is 0 Å². The lowest BCUT2D eigenvalue weighted by Crippen LogP contribution is -2.09. The third-order valence-electron chi connectivity index (χ3n) is 3.22. The highest BCUT2D eigenvalue weighted by atomic mass is 19.2. The average molecular weight is 274 g/mol. The summed E-state index contributed by atoms with van der Waals surface area (Å²) in [6.45, 7) is 0. The Bertz CT molecular complexity index is 456. The van der Waals surface area contributed by atoms with Crippen molar-refractivity contribution in [3.8, 4) is 0 Å². The van der Waals surface area contributed by atoms with Crippen LogP contribution in [0.1, 0.15) is 32.1 Å². The van der Waals surface area contributed by atoms with E-state index < -0.39 is 29.0 Å². The van der Waals surface area contributed by atoms with Gasteiger partial charge in [0.1, 0.15) is 5.69 Å². The summed E-state index contributed by atoms with van der Waals surface area (Å²) in [6, 6.07) is 0.167. The minimum Gasteiger partial charge on any atom is -0.273 e. The van der Waals surface area contributed by atoms with Crippen molar-refractivity contribution in [1.82, 2.24) is 0 Å². The van der Waals surface area contributed by atoms with Crippen LogP contribution in [0, 0.1) is 29.2 Å². The summed E-state index contributed by atoms with van der Waals surface area (Å²) in [5.41, 5.74) is 1.15. The molecule has 1 aliphatic carbocycles. The zero-order valence-electron chi connectivity index (χ0n) is 10.2. The fourth-order valence-corrected chi connectivity index (χ4v) is 2.16. The molecule has 1 aromatic carbocycles. The van der Waals surface area contributed by atoms with E-state index in [4.69, 9.17) is 0 Å². The smallest absolute Gasteiger partial charge is 0.186 e. The summed E-state index contributed by atoms with van der Waals surface area (Å²) in [5, 5.41) is 3.68. The Hall–Kier alpha value is -1.59. The standard InChI is InChI=1S/C13H14F4N2/c14-9-6-10(15)12(17)13(11(9)16)19-18-7-8-4-2-1-3-5-8/h6-8,19H,1-5H2. The molecule has 1 aliphatic rings. The maximum Gasteiger partial charge on any atom is 0.186 e. The van der Waals surface area contributed by atoms with E-state index in [1.807, 2.05) is 5.43 Å². The van der Waals surface area contributed by atoms with Crippen molar-refractivity contribution < 1.29 is 17.6 Å². The molecule has 6 heteroatoms. The Kier molecular flexibility index (Phi) is 4.39. The van der Waals surface area contributed by atoms with Gasteiger partial charge in [-0.05, 0) is 18.8 Å². The molecule has 2 rings (SSSR count). The third-order valence-corrected chi connectivity index (χ3v) is 3.22. The number of halogens is 4.